The van der Waals surface area contributed by atoms with Crippen LogP contribution in [0.2, 0.25) is 0 Å². The molecule has 0 aliphatic carbocycles. The number of hydrogen-bond acceptors (Lipinski definition) is 5. The van der Waals surface area contributed by atoms with Gasteiger partial charge in [0.05, 0.1) is 18.9 Å². The van der Waals surface area contributed by atoms with Gasteiger partial charge < -0.3 is 18.9 Å². The lowest BCUT2D eigenvalue weighted by Gasteiger charge is -2.37. The summed E-state index contributed by atoms with van der Waals surface area (Å²) in [6.07, 6.45) is 3.23. The second kappa shape index (κ2) is 6.69. The fourth-order valence-corrected chi connectivity index (χ4v) is 5.38. The van der Waals surface area contributed by atoms with Crippen LogP contribution in [0.25, 0.3) is 15.9 Å². The molecule has 7 heteroatoms. The summed E-state index contributed by atoms with van der Waals surface area (Å²) in [6.45, 7) is 6.72. The monoisotopic (exact) mass is 397 g/mol. The van der Waals surface area contributed by atoms with E-state index < -0.39 is 5.79 Å². The molecule has 1 amide bonds. The van der Waals surface area contributed by atoms with E-state index >= 15 is 0 Å². The average Bonchev–Trinajstić information content (AvgIpc) is 3.40. The van der Waals surface area contributed by atoms with Crippen molar-refractivity contribution in [3.63, 3.8) is 0 Å². The standard InChI is InChI=1S/C21H23N3O3S/c1-14-5-6-15(2)24(14)17-16-4-3-9-22-19(16)28-18(17)20(25)23-10-7-21(8-11-23)26-12-13-27-21/h3-6,9H,7-8,10-13H2,1-2H3. The van der Waals surface area contributed by atoms with Crippen molar-refractivity contribution in [3.05, 3.63) is 46.7 Å². The molecule has 0 bridgehead atoms. The normalized spacial score (nSPS) is 19.0. The topological polar surface area (TPSA) is 56.6 Å². The van der Waals surface area contributed by atoms with Crippen molar-refractivity contribution in [1.29, 1.82) is 0 Å². The Labute approximate surface area is 167 Å². The van der Waals surface area contributed by atoms with Gasteiger partial charge in [0, 0.05) is 48.9 Å². The SMILES string of the molecule is Cc1ccc(C)n1-c1c(C(=O)N2CCC3(CC2)OCCO3)sc2ncccc12. The van der Waals surface area contributed by atoms with E-state index in [-0.39, 0.29) is 5.91 Å². The number of likely N-dealkylation sites (tertiary alicyclic amines) is 1. The van der Waals surface area contributed by atoms with E-state index in [1.165, 1.54) is 11.3 Å². The van der Waals surface area contributed by atoms with Gasteiger partial charge in [-0.25, -0.2) is 4.98 Å². The molecular formula is C21H23N3O3S. The molecule has 2 fully saturated rings. The van der Waals surface area contributed by atoms with Crippen molar-refractivity contribution in [3.8, 4) is 5.69 Å². The lowest BCUT2D eigenvalue weighted by molar-refractivity contribution is -0.181. The van der Waals surface area contributed by atoms with Crippen LogP contribution in [-0.4, -0.2) is 52.4 Å². The highest BCUT2D eigenvalue weighted by atomic mass is 32.1. The second-order valence-electron chi connectivity index (χ2n) is 7.49. The van der Waals surface area contributed by atoms with Gasteiger partial charge in [0.25, 0.3) is 5.91 Å². The Morgan fingerprint density at radius 2 is 1.79 bits per heavy atom. The summed E-state index contributed by atoms with van der Waals surface area (Å²) in [7, 11) is 0. The Morgan fingerprint density at radius 3 is 2.46 bits per heavy atom. The fraction of sp³-hybridized carbons (Fsp3) is 0.429. The van der Waals surface area contributed by atoms with Crippen LogP contribution in [0.15, 0.2) is 30.5 Å². The first-order chi connectivity index (χ1) is 13.6. The molecule has 2 aliphatic rings. The van der Waals surface area contributed by atoms with Gasteiger partial charge in [-0.2, -0.15) is 0 Å². The number of carbonyl (C=O) groups excluding carboxylic acids is 1. The van der Waals surface area contributed by atoms with Crippen molar-refractivity contribution in [1.82, 2.24) is 14.5 Å². The van der Waals surface area contributed by atoms with Crippen LogP contribution in [0.4, 0.5) is 0 Å². The summed E-state index contributed by atoms with van der Waals surface area (Å²) in [5, 5.41) is 1.02. The molecular weight excluding hydrogens is 374 g/mol. The summed E-state index contributed by atoms with van der Waals surface area (Å²) in [6, 6.07) is 8.15. The Morgan fingerprint density at radius 1 is 1.11 bits per heavy atom. The highest BCUT2D eigenvalue weighted by molar-refractivity contribution is 7.21. The largest absolute Gasteiger partial charge is 0.347 e. The van der Waals surface area contributed by atoms with Gasteiger partial charge in [-0.05, 0) is 38.1 Å². The van der Waals surface area contributed by atoms with Crippen LogP contribution >= 0.6 is 11.3 Å². The second-order valence-corrected chi connectivity index (χ2v) is 8.49. The molecule has 1 spiro atoms. The molecule has 0 aromatic carbocycles. The Kier molecular flexibility index (Phi) is 4.26. The number of carbonyl (C=O) groups is 1. The number of aromatic nitrogens is 2. The van der Waals surface area contributed by atoms with E-state index in [2.05, 4.69) is 41.6 Å². The minimum atomic E-state index is -0.477. The number of hydrogen-bond donors (Lipinski definition) is 0. The molecule has 6 nitrogen and oxygen atoms in total. The third-order valence-corrected chi connectivity index (χ3v) is 6.85. The molecule has 0 N–H and O–H groups in total. The van der Waals surface area contributed by atoms with Crippen molar-refractivity contribution in [2.75, 3.05) is 26.3 Å². The molecule has 0 radical (unpaired) electrons. The molecule has 5 heterocycles. The van der Waals surface area contributed by atoms with Gasteiger partial charge in [0.15, 0.2) is 5.79 Å². The zero-order valence-corrected chi connectivity index (χ0v) is 16.9. The number of rotatable bonds is 2. The molecule has 2 saturated heterocycles. The van der Waals surface area contributed by atoms with E-state index in [4.69, 9.17) is 9.47 Å². The van der Waals surface area contributed by atoms with Crippen LogP contribution in [0.1, 0.15) is 33.9 Å². The minimum Gasteiger partial charge on any atom is -0.347 e. The first kappa shape index (κ1) is 17.8. The van der Waals surface area contributed by atoms with E-state index in [1.54, 1.807) is 6.20 Å². The summed E-state index contributed by atoms with van der Waals surface area (Å²) in [5.41, 5.74) is 3.17. The van der Waals surface area contributed by atoms with Crippen LogP contribution in [0.5, 0.6) is 0 Å². The maximum Gasteiger partial charge on any atom is 0.266 e. The van der Waals surface area contributed by atoms with Crippen LogP contribution < -0.4 is 0 Å². The van der Waals surface area contributed by atoms with Gasteiger partial charge in [0.1, 0.15) is 9.71 Å². The maximum atomic E-state index is 13.5. The zero-order valence-electron chi connectivity index (χ0n) is 16.1. The predicted octanol–water partition coefficient (Wildman–Crippen LogP) is 3.68. The Balaban J connectivity index is 1.54. The smallest absolute Gasteiger partial charge is 0.266 e. The van der Waals surface area contributed by atoms with Crippen molar-refractivity contribution in [2.24, 2.45) is 0 Å². The number of nitrogens with zero attached hydrogens (tertiary/aromatic N) is 3. The van der Waals surface area contributed by atoms with E-state index in [0.717, 1.165) is 45.0 Å². The van der Waals surface area contributed by atoms with Crippen LogP contribution in [0, 0.1) is 13.8 Å². The third-order valence-electron chi connectivity index (χ3n) is 5.76. The predicted molar refractivity (Wildman–Crippen MR) is 108 cm³/mol. The van der Waals surface area contributed by atoms with Crippen LogP contribution in [0.3, 0.4) is 0 Å². The average molecular weight is 398 g/mol. The summed E-state index contributed by atoms with van der Waals surface area (Å²) in [4.78, 5) is 21.6. The highest BCUT2D eigenvalue weighted by Crippen LogP contribution is 2.37. The first-order valence-electron chi connectivity index (χ1n) is 9.68. The van der Waals surface area contributed by atoms with Gasteiger partial charge in [-0.15, -0.1) is 11.3 Å². The van der Waals surface area contributed by atoms with Crippen molar-refractivity contribution >= 4 is 27.5 Å². The lowest BCUT2D eigenvalue weighted by atomic mass is 10.0. The minimum absolute atomic E-state index is 0.0679. The molecule has 0 atom stereocenters. The van der Waals surface area contributed by atoms with Crippen molar-refractivity contribution in [2.45, 2.75) is 32.5 Å². The molecule has 3 aromatic rings. The molecule has 3 aromatic heterocycles. The van der Waals surface area contributed by atoms with Gasteiger partial charge in [-0.1, -0.05) is 0 Å². The number of ether oxygens (including phenoxy) is 2. The number of fused-ring (bicyclic) bond motifs is 1. The lowest BCUT2D eigenvalue weighted by Crippen LogP contribution is -2.47. The Bertz CT molecular complexity index is 1020. The number of aryl methyl sites for hydroxylation is 2. The number of thiophene rings is 1. The van der Waals surface area contributed by atoms with Crippen molar-refractivity contribution < 1.29 is 14.3 Å². The first-order valence-corrected chi connectivity index (χ1v) is 10.5. The molecule has 5 rings (SSSR count). The molecule has 28 heavy (non-hydrogen) atoms. The van der Waals surface area contributed by atoms with E-state index in [9.17, 15) is 4.79 Å². The van der Waals surface area contributed by atoms with Crippen LogP contribution in [-0.2, 0) is 9.47 Å². The molecule has 0 unspecified atom stereocenters. The van der Waals surface area contributed by atoms with Gasteiger partial charge >= 0.3 is 0 Å². The highest BCUT2D eigenvalue weighted by Gasteiger charge is 2.41. The van der Waals surface area contributed by atoms with E-state index in [1.807, 2.05) is 11.0 Å². The number of piperidine rings is 1. The summed E-state index contributed by atoms with van der Waals surface area (Å²) < 4.78 is 13.8. The quantitative estimate of drug-likeness (QED) is 0.662. The Hall–Kier alpha value is -2.22. The third kappa shape index (κ3) is 2.77. The van der Waals surface area contributed by atoms with Gasteiger partial charge in [0.2, 0.25) is 0 Å². The fourth-order valence-electron chi connectivity index (χ4n) is 4.29. The summed E-state index contributed by atoms with van der Waals surface area (Å²) >= 11 is 1.48. The van der Waals surface area contributed by atoms with Gasteiger partial charge in [-0.3, -0.25) is 4.79 Å². The number of pyridine rings is 1. The molecule has 0 saturated carbocycles. The zero-order chi connectivity index (χ0) is 19.3. The van der Waals surface area contributed by atoms with E-state index in [0.29, 0.717) is 26.3 Å². The maximum absolute atomic E-state index is 13.5. The molecule has 146 valence electrons. The molecule has 2 aliphatic heterocycles. The number of amides is 1. The summed E-state index contributed by atoms with van der Waals surface area (Å²) in [5.74, 6) is -0.409.